The molecule has 0 bridgehead atoms. The van der Waals surface area contributed by atoms with Gasteiger partial charge in [-0.3, -0.25) is 13.7 Å². The van der Waals surface area contributed by atoms with Crippen LogP contribution in [0.1, 0.15) is 0 Å². The fourth-order valence-corrected chi connectivity index (χ4v) is 10.6. The van der Waals surface area contributed by atoms with E-state index in [4.69, 9.17) is 4.42 Å². The van der Waals surface area contributed by atoms with E-state index in [1.165, 1.54) is 0 Å². The van der Waals surface area contributed by atoms with Crippen LogP contribution in [-0.2, 0) is 4.57 Å². The Kier molecular flexibility index (Phi) is 5.78. The molecular formula is C42H28N3O2P. The van der Waals surface area contributed by atoms with Crippen molar-refractivity contribution < 1.29 is 8.98 Å². The normalized spacial score (nSPS) is 16.0. The molecule has 0 saturated carbocycles. The number of hydrogen-bond donors (Lipinski definition) is 0. The summed E-state index contributed by atoms with van der Waals surface area (Å²) in [5, 5.41) is 4.31. The summed E-state index contributed by atoms with van der Waals surface area (Å²) in [5.41, 5.74) is 9.16. The second-order valence-electron chi connectivity index (χ2n) is 12.2. The van der Waals surface area contributed by atoms with Crippen molar-refractivity contribution in [2.75, 3.05) is 9.34 Å². The highest BCUT2D eigenvalue weighted by Gasteiger charge is 2.50. The summed E-state index contributed by atoms with van der Waals surface area (Å²) in [6.07, 6.45) is 0. The fraction of sp³-hybridized carbons (Fsp3) is 0. The van der Waals surface area contributed by atoms with Crippen molar-refractivity contribution in [2.45, 2.75) is 0 Å². The second kappa shape index (κ2) is 10.2. The fourth-order valence-electron chi connectivity index (χ4n) is 7.41. The molecule has 48 heavy (non-hydrogen) atoms. The summed E-state index contributed by atoms with van der Waals surface area (Å²) < 4.78 is 29.1. The Morgan fingerprint density at radius 1 is 0.417 bits per heavy atom. The maximum absolute atomic E-state index is 16.8. The SMILES string of the molecule is O=P1(n2c3ccccc3c3ccccc32)N(c2ccccc2)c2ccc(-c3ccc4oc5ccccc5c4c3)cc2N1c1ccccc1. The summed E-state index contributed by atoms with van der Waals surface area (Å²) in [6, 6.07) is 57.8. The first kappa shape index (κ1) is 27.1. The van der Waals surface area contributed by atoms with Gasteiger partial charge in [0.25, 0.3) is 0 Å². The van der Waals surface area contributed by atoms with Gasteiger partial charge in [-0.15, -0.1) is 0 Å². The molecule has 10 rings (SSSR count). The minimum atomic E-state index is -3.72. The summed E-state index contributed by atoms with van der Waals surface area (Å²) in [5.74, 6) is 0. The van der Waals surface area contributed by atoms with Gasteiger partial charge in [0.15, 0.2) is 0 Å². The number of fused-ring (bicyclic) bond motifs is 7. The van der Waals surface area contributed by atoms with E-state index in [-0.39, 0.29) is 0 Å². The van der Waals surface area contributed by atoms with Crippen molar-refractivity contribution in [3.8, 4) is 11.1 Å². The Hall–Kier alpha value is -6.03. The minimum Gasteiger partial charge on any atom is -0.456 e. The van der Waals surface area contributed by atoms with E-state index in [2.05, 4.69) is 98.6 Å². The largest absolute Gasteiger partial charge is 0.456 e. The zero-order valence-corrected chi connectivity index (χ0v) is 26.7. The molecule has 0 fully saturated rings. The van der Waals surface area contributed by atoms with Gasteiger partial charge < -0.3 is 4.42 Å². The number of benzene rings is 7. The molecule has 6 heteroatoms. The maximum Gasteiger partial charge on any atom is 0.374 e. The molecule has 0 radical (unpaired) electrons. The van der Waals surface area contributed by atoms with Crippen LogP contribution in [0.3, 0.4) is 0 Å². The van der Waals surface area contributed by atoms with Crippen molar-refractivity contribution in [3.05, 3.63) is 170 Å². The van der Waals surface area contributed by atoms with E-state index >= 15 is 4.57 Å². The molecule has 9 aromatic rings. The van der Waals surface area contributed by atoms with Gasteiger partial charge in [0.2, 0.25) is 0 Å². The molecule has 3 heterocycles. The first-order valence-electron chi connectivity index (χ1n) is 16.1. The van der Waals surface area contributed by atoms with Gasteiger partial charge in [0.05, 0.1) is 33.8 Å². The van der Waals surface area contributed by atoms with Gasteiger partial charge in [-0.1, -0.05) is 103 Å². The van der Waals surface area contributed by atoms with Crippen molar-refractivity contribution in [1.29, 1.82) is 0 Å². The zero-order valence-electron chi connectivity index (χ0n) is 25.8. The first-order valence-corrected chi connectivity index (χ1v) is 17.6. The topological polar surface area (TPSA) is 41.6 Å². The third kappa shape index (κ3) is 3.77. The van der Waals surface area contributed by atoms with Crippen molar-refractivity contribution in [2.24, 2.45) is 0 Å². The van der Waals surface area contributed by atoms with Crippen LogP contribution in [0, 0.1) is 0 Å². The van der Waals surface area contributed by atoms with Crippen LogP contribution in [0.2, 0.25) is 0 Å². The number of nitrogens with zero attached hydrogens (tertiary/aromatic N) is 3. The molecule has 1 aliphatic rings. The van der Waals surface area contributed by atoms with Crippen LogP contribution in [0.15, 0.2) is 174 Å². The second-order valence-corrected chi connectivity index (χ2v) is 14.4. The lowest BCUT2D eigenvalue weighted by Crippen LogP contribution is -2.23. The van der Waals surface area contributed by atoms with Crippen molar-refractivity contribution in [1.82, 2.24) is 4.34 Å². The van der Waals surface area contributed by atoms with E-state index in [1.807, 2.05) is 84.9 Å². The third-order valence-corrected chi connectivity index (χ3v) is 12.4. The number of anilines is 4. The van der Waals surface area contributed by atoms with E-state index < -0.39 is 7.59 Å². The molecule has 0 amide bonds. The average Bonchev–Trinajstić information content (AvgIpc) is 3.77. The van der Waals surface area contributed by atoms with Crippen molar-refractivity contribution in [3.63, 3.8) is 0 Å². The van der Waals surface area contributed by atoms with E-state index in [0.717, 1.165) is 77.6 Å². The quantitative estimate of drug-likeness (QED) is 0.180. The smallest absolute Gasteiger partial charge is 0.374 e. The Balaban J connectivity index is 1.28. The van der Waals surface area contributed by atoms with Crippen LogP contribution in [-0.4, -0.2) is 4.34 Å². The van der Waals surface area contributed by atoms with Gasteiger partial charge >= 0.3 is 7.59 Å². The number of hydrogen-bond acceptors (Lipinski definition) is 2. The minimum absolute atomic E-state index is 0.857. The molecule has 5 nitrogen and oxygen atoms in total. The Bertz CT molecular complexity index is 2680. The predicted molar refractivity (Wildman–Crippen MR) is 199 cm³/mol. The molecule has 1 aliphatic heterocycles. The Labute approximate surface area is 277 Å². The summed E-state index contributed by atoms with van der Waals surface area (Å²) in [7, 11) is -3.72. The molecule has 2 aromatic heterocycles. The van der Waals surface area contributed by atoms with Gasteiger partial charge in [0, 0.05) is 21.5 Å². The molecule has 228 valence electrons. The zero-order chi connectivity index (χ0) is 31.8. The maximum atomic E-state index is 16.8. The van der Waals surface area contributed by atoms with Crippen LogP contribution in [0.4, 0.5) is 22.7 Å². The molecule has 0 N–H and O–H groups in total. The van der Waals surface area contributed by atoms with Gasteiger partial charge in [-0.2, -0.15) is 0 Å². The molecule has 0 saturated heterocycles. The molecule has 1 atom stereocenters. The average molecular weight is 638 g/mol. The third-order valence-electron chi connectivity index (χ3n) is 9.48. The highest BCUT2D eigenvalue weighted by atomic mass is 31.2. The molecule has 0 spiro atoms. The standard InChI is InChI=1S/C42H28N3O2P/c46-48(45-37-20-10-7-17-33(37)34-18-8-11-21-38(34)45)43(31-13-3-1-4-14-31)39-25-23-30(28-40(39)44(48)32-15-5-2-6-16-32)29-24-26-42-36(27-29)35-19-9-12-22-41(35)47-42/h1-28H. The van der Waals surface area contributed by atoms with E-state index in [9.17, 15) is 0 Å². The Morgan fingerprint density at radius 3 is 1.58 bits per heavy atom. The van der Waals surface area contributed by atoms with Crippen LogP contribution in [0.25, 0.3) is 54.9 Å². The van der Waals surface area contributed by atoms with Crippen LogP contribution >= 0.6 is 7.59 Å². The lowest BCUT2D eigenvalue weighted by atomic mass is 10.0. The summed E-state index contributed by atoms with van der Waals surface area (Å²) in [6.45, 7) is 0. The van der Waals surface area contributed by atoms with Crippen LogP contribution in [0.5, 0.6) is 0 Å². The number of furan rings is 1. The number of aromatic nitrogens is 1. The molecular weight excluding hydrogens is 609 g/mol. The molecule has 7 aromatic carbocycles. The lowest BCUT2D eigenvalue weighted by molar-refractivity contribution is 0.572. The van der Waals surface area contributed by atoms with Crippen molar-refractivity contribution >= 4 is 74.1 Å². The first-order chi connectivity index (χ1) is 23.7. The van der Waals surface area contributed by atoms with E-state index in [1.54, 1.807) is 0 Å². The van der Waals surface area contributed by atoms with Gasteiger partial charge in [0.1, 0.15) is 11.2 Å². The summed E-state index contributed by atoms with van der Waals surface area (Å²) in [4.78, 5) is 0. The van der Waals surface area contributed by atoms with E-state index in [0.29, 0.717) is 0 Å². The lowest BCUT2D eigenvalue weighted by Gasteiger charge is -2.34. The highest BCUT2D eigenvalue weighted by Crippen LogP contribution is 2.72. The number of para-hydroxylation sites is 5. The van der Waals surface area contributed by atoms with Gasteiger partial charge in [-0.25, -0.2) is 4.57 Å². The number of rotatable bonds is 4. The molecule has 1 unspecified atom stereocenters. The monoisotopic (exact) mass is 637 g/mol. The predicted octanol–water partition coefficient (Wildman–Crippen LogP) is 12.3. The van der Waals surface area contributed by atoms with Gasteiger partial charge in [-0.05, 0) is 77.9 Å². The van der Waals surface area contributed by atoms with Crippen LogP contribution < -0.4 is 9.34 Å². The Morgan fingerprint density at radius 2 is 0.917 bits per heavy atom. The molecule has 0 aliphatic carbocycles. The highest BCUT2D eigenvalue weighted by molar-refractivity contribution is 7.67. The summed E-state index contributed by atoms with van der Waals surface area (Å²) >= 11 is 0.